The molecule has 0 spiro atoms. The molecule has 20 heteroatoms. The minimum Gasteiger partial charge on any atom is -0.447 e. The van der Waals surface area contributed by atoms with Crippen LogP contribution in [0, 0.1) is 5.41 Å². The highest BCUT2D eigenvalue weighted by Gasteiger charge is 2.41. The summed E-state index contributed by atoms with van der Waals surface area (Å²) in [4.78, 5) is 62.0. The summed E-state index contributed by atoms with van der Waals surface area (Å²) in [6.07, 6.45) is 4.40. The van der Waals surface area contributed by atoms with E-state index in [9.17, 15) is 19.2 Å². The van der Waals surface area contributed by atoms with Crippen LogP contribution in [0.25, 0.3) is 0 Å². The number of carbonyl (C=O) groups excluding carboxylic acids is 4. The predicted octanol–water partition coefficient (Wildman–Crippen LogP) is 5.38. The van der Waals surface area contributed by atoms with Gasteiger partial charge in [-0.3, -0.25) is 34.0 Å². The van der Waals surface area contributed by atoms with Crippen LogP contribution in [0.3, 0.4) is 0 Å². The van der Waals surface area contributed by atoms with Gasteiger partial charge >= 0.3 is 6.09 Å². The molecule has 4 atom stereocenters. The van der Waals surface area contributed by atoms with Crippen LogP contribution in [-0.2, 0) is 52.3 Å². The van der Waals surface area contributed by atoms with Crippen molar-refractivity contribution in [2.45, 2.75) is 213 Å². The summed E-state index contributed by atoms with van der Waals surface area (Å²) < 4.78 is 51.3. The molecule has 4 heterocycles. The SMILES string of the molecule is CC(CCNC(=O)OCCOCC(COC(C)(C)CCOC(C)(C)C(=O)NCCC(C)N1CC1)(COC(C)(C)CCOC(C)(C)C(=O)NCCC(C)N1CC1)COC(C)(C)CCOC(C)(C)C(=O)NCCC(C)N1CC1)N1CC1. The van der Waals surface area contributed by atoms with Crippen molar-refractivity contribution in [3.05, 3.63) is 0 Å². The van der Waals surface area contributed by atoms with Crippen molar-refractivity contribution in [3.8, 4) is 0 Å². The minimum absolute atomic E-state index is 0.0309. The first-order chi connectivity index (χ1) is 36.9. The molecule has 4 aliphatic heterocycles. The number of hydrogen-bond acceptors (Lipinski definition) is 16. The third-order valence-corrected chi connectivity index (χ3v) is 16.1. The van der Waals surface area contributed by atoms with Gasteiger partial charge in [0, 0.05) is 103 Å². The van der Waals surface area contributed by atoms with Gasteiger partial charge in [-0.1, -0.05) is 0 Å². The highest BCUT2D eigenvalue weighted by atomic mass is 16.6. The van der Waals surface area contributed by atoms with Crippen molar-refractivity contribution in [1.82, 2.24) is 40.9 Å². The maximum atomic E-state index is 13.3. The van der Waals surface area contributed by atoms with E-state index in [1.54, 1.807) is 41.5 Å². The fraction of sp³-hybridized carbons (Fsp3) is 0.932. The van der Waals surface area contributed by atoms with Gasteiger partial charge in [-0.05, 0) is 156 Å². The van der Waals surface area contributed by atoms with Crippen molar-refractivity contribution < 1.29 is 57.1 Å². The van der Waals surface area contributed by atoms with E-state index >= 15 is 0 Å². The second-order valence-electron chi connectivity index (χ2n) is 26.5. The van der Waals surface area contributed by atoms with E-state index in [-0.39, 0.29) is 77.2 Å². The highest BCUT2D eigenvalue weighted by Crippen LogP contribution is 2.31. The predicted molar refractivity (Wildman–Crippen MR) is 308 cm³/mol. The smallest absolute Gasteiger partial charge is 0.407 e. The number of nitrogens with zero attached hydrogens (tertiary/aromatic N) is 4. The summed E-state index contributed by atoms with van der Waals surface area (Å²) >= 11 is 0. The quantitative estimate of drug-likeness (QED) is 0.0447. The third kappa shape index (κ3) is 27.5. The second kappa shape index (κ2) is 31.2. The average molecular weight is 1130 g/mol. The number of carbonyl (C=O) groups is 4. The molecule has 460 valence electrons. The fourth-order valence-corrected chi connectivity index (χ4v) is 8.83. The van der Waals surface area contributed by atoms with Crippen molar-refractivity contribution in [1.29, 1.82) is 0 Å². The van der Waals surface area contributed by atoms with E-state index in [1.165, 1.54) is 0 Å². The van der Waals surface area contributed by atoms with Crippen LogP contribution in [0.1, 0.15) is 156 Å². The molecule has 4 amide bonds. The van der Waals surface area contributed by atoms with Crippen LogP contribution in [0.15, 0.2) is 0 Å². The standard InChI is InChI=1S/C59H112N8O12/c1-45(64-28-29-64)17-24-60-49(68)56(11,12)74-36-21-53(5,6)77-42-59(41-72-39-40-73-52(71)63-27-20-48(4)67-34-35-67,43-78-54(7,8)22-37-75-57(13,14)50(69)61-25-18-46(2)65-30-31-65)44-79-55(9,10)23-38-76-58(15,16)51(70)62-26-19-47(3)66-32-33-66/h45-48H,17-44H2,1-16H3,(H,60,68)(H,61,69)(H,62,70)(H,63,71). The van der Waals surface area contributed by atoms with Crippen LogP contribution < -0.4 is 21.3 Å². The van der Waals surface area contributed by atoms with Crippen LogP contribution in [0.5, 0.6) is 0 Å². The zero-order valence-electron chi connectivity index (χ0n) is 52.3. The maximum Gasteiger partial charge on any atom is 0.407 e. The Hall–Kier alpha value is -2.76. The number of nitrogens with one attached hydrogen (secondary N) is 4. The lowest BCUT2D eigenvalue weighted by atomic mass is 9.90. The Morgan fingerprint density at radius 3 is 0.937 bits per heavy atom. The Kier molecular flexibility index (Phi) is 27.2. The molecule has 0 aromatic heterocycles. The summed E-state index contributed by atoms with van der Waals surface area (Å²) in [7, 11) is 0. The first-order valence-corrected chi connectivity index (χ1v) is 30.0. The lowest BCUT2D eigenvalue weighted by Crippen LogP contribution is -2.49. The summed E-state index contributed by atoms with van der Waals surface area (Å²) in [6.45, 7) is 44.1. The molecule has 79 heavy (non-hydrogen) atoms. The van der Waals surface area contributed by atoms with Gasteiger partial charge in [0.15, 0.2) is 0 Å². The van der Waals surface area contributed by atoms with Gasteiger partial charge in [0.1, 0.15) is 23.4 Å². The van der Waals surface area contributed by atoms with Crippen molar-refractivity contribution in [2.24, 2.45) is 5.41 Å². The van der Waals surface area contributed by atoms with E-state index in [2.05, 4.69) is 68.6 Å². The molecule has 4 aliphatic rings. The Labute approximate surface area is 477 Å². The number of alkyl carbamates (subject to hydrolysis) is 1. The molecule has 4 unspecified atom stereocenters. The molecule has 4 fully saturated rings. The summed E-state index contributed by atoms with van der Waals surface area (Å²) in [5.74, 6) is -0.467. The Balaban J connectivity index is 1.44. The number of rotatable bonds is 45. The van der Waals surface area contributed by atoms with Crippen LogP contribution in [0.4, 0.5) is 4.79 Å². The minimum atomic E-state index is -1.05. The Bertz CT molecular complexity index is 1680. The molecule has 4 N–H and O–H groups in total. The average Bonchev–Trinajstić information content (AvgIpc) is 4.15. The first kappa shape index (κ1) is 68.7. The van der Waals surface area contributed by atoms with Crippen molar-refractivity contribution >= 4 is 23.8 Å². The summed E-state index contributed by atoms with van der Waals surface area (Å²) in [6, 6.07) is 1.70. The topological polar surface area (TPSA) is 202 Å². The van der Waals surface area contributed by atoms with E-state index in [0.717, 1.165) is 78.0 Å². The fourth-order valence-electron chi connectivity index (χ4n) is 8.83. The van der Waals surface area contributed by atoms with Crippen molar-refractivity contribution in [3.63, 3.8) is 0 Å². The summed E-state index contributed by atoms with van der Waals surface area (Å²) in [5, 5.41) is 12.1. The third-order valence-electron chi connectivity index (χ3n) is 16.1. The van der Waals surface area contributed by atoms with Crippen LogP contribution in [-0.4, -0.2) is 239 Å². The number of amides is 4. The summed E-state index contributed by atoms with van der Waals surface area (Å²) in [5.41, 5.74) is -6.25. The molecule has 0 radical (unpaired) electrons. The van der Waals surface area contributed by atoms with E-state index in [0.29, 0.717) is 69.6 Å². The van der Waals surface area contributed by atoms with Crippen LogP contribution >= 0.6 is 0 Å². The normalized spacial score (nSPS) is 19.0. The van der Waals surface area contributed by atoms with E-state index in [4.69, 9.17) is 37.9 Å². The van der Waals surface area contributed by atoms with Gasteiger partial charge in [-0.25, -0.2) is 4.79 Å². The van der Waals surface area contributed by atoms with E-state index in [1.807, 2.05) is 41.5 Å². The van der Waals surface area contributed by atoms with Crippen molar-refractivity contribution in [2.75, 3.05) is 138 Å². The number of hydrogen-bond donors (Lipinski definition) is 4. The van der Waals surface area contributed by atoms with Gasteiger partial charge in [0.25, 0.3) is 17.7 Å². The molecule has 4 rings (SSSR count). The lowest BCUT2D eigenvalue weighted by molar-refractivity contribution is -0.186. The largest absolute Gasteiger partial charge is 0.447 e. The van der Waals surface area contributed by atoms with Gasteiger partial charge in [-0.15, -0.1) is 0 Å². The van der Waals surface area contributed by atoms with Gasteiger partial charge in [0.2, 0.25) is 0 Å². The number of ether oxygens (including phenoxy) is 8. The van der Waals surface area contributed by atoms with Gasteiger partial charge < -0.3 is 59.2 Å². The molecular formula is C59H112N8O12. The highest BCUT2D eigenvalue weighted by molar-refractivity contribution is 5.85. The van der Waals surface area contributed by atoms with Crippen LogP contribution in [0.2, 0.25) is 0 Å². The van der Waals surface area contributed by atoms with E-state index < -0.39 is 45.1 Å². The molecule has 20 nitrogen and oxygen atoms in total. The molecule has 0 saturated carbocycles. The van der Waals surface area contributed by atoms with Gasteiger partial charge in [-0.2, -0.15) is 0 Å². The second-order valence-corrected chi connectivity index (χ2v) is 26.5. The zero-order chi connectivity index (χ0) is 58.7. The molecular weight excluding hydrogens is 1010 g/mol. The Morgan fingerprint density at radius 1 is 0.380 bits per heavy atom. The lowest BCUT2D eigenvalue weighted by Gasteiger charge is -2.41. The molecule has 4 saturated heterocycles. The molecule has 0 aliphatic carbocycles. The monoisotopic (exact) mass is 1120 g/mol. The molecule has 0 bridgehead atoms. The first-order valence-electron chi connectivity index (χ1n) is 30.0. The zero-order valence-corrected chi connectivity index (χ0v) is 52.3. The Morgan fingerprint density at radius 2 is 0.658 bits per heavy atom. The maximum absolute atomic E-state index is 13.3. The molecule has 0 aromatic rings. The molecule has 0 aromatic carbocycles. The van der Waals surface area contributed by atoms with Gasteiger partial charge in [0.05, 0.1) is 75.1 Å².